The number of hydrogen-bond donors (Lipinski definition) is 1. The summed E-state index contributed by atoms with van der Waals surface area (Å²) in [6.45, 7) is 1.94. The van der Waals surface area contributed by atoms with Crippen LogP contribution < -0.4 is 0 Å². The Morgan fingerprint density at radius 1 is 1.18 bits per heavy atom. The van der Waals surface area contributed by atoms with Crippen LogP contribution in [-0.4, -0.2) is 17.1 Å². The Morgan fingerprint density at radius 3 is 2.06 bits per heavy atom. The predicted molar refractivity (Wildman–Crippen MR) is 63.4 cm³/mol. The van der Waals surface area contributed by atoms with Crippen LogP contribution in [0.5, 0.6) is 0 Å². The van der Waals surface area contributed by atoms with E-state index in [2.05, 4.69) is 0 Å². The zero-order valence-corrected chi connectivity index (χ0v) is 11.2. The van der Waals surface area contributed by atoms with Gasteiger partial charge in [0.2, 0.25) is 0 Å². The van der Waals surface area contributed by atoms with Gasteiger partial charge in [0.1, 0.15) is 0 Å². The van der Waals surface area contributed by atoms with Crippen molar-refractivity contribution < 1.29 is 18.5 Å². The van der Waals surface area contributed by atoms with Crippen molar-refractivity contribution >= 4 is 7.82 Å². The fourth-order valence-corrected chi connectivity index (χ4v) is 5.67. The molecule has 0 heterocycles. The summed E-state index contributed by atoms with van der Waals surface area (Å²) in [6, 6.07) is 0. The van der Waals surface area contributed by atoms with Crippen molar-refractivity contribution in [1.82, 2.24) is 0 Å². The number of phosphoric acid groups is 1. The first kappa shape index (κ1) is 12.2. The minimum atomic E-state index is -3.84. The van der Waals surface area contributed by atoms with Crippen molar-refractivity contribution in [3.8, 4) is 0 Å². The van der Waals surface area contributed by atoms with Crippen molar-refractivity contribution in [2.24, 2.45) is 17.8 Å². The summed E-state index contributed by atoms with van der Waals surface area (Å²) in [5, 5.41) is 0. The Bertz CT molecular complexity index is 319. The molecule has 4 fully saturated rings. The summed E-state index contributed by atoms with van der Waals surface area (Å²) < 4.78 is 22.2. The third kappa shape index (κ3) is 2.33. The Labute approximate surface area is 102 Å². The van der Waals surface area contributed by atoms with Gasteiger partial charge in [-0.2, -0.15) is 0 Å². The molecule has 0 aromatic carbocycles. The molecule has 98 valence electrons. The van der Waals surface area contributed by atoms with Crippen LogP contribution in [0.15, 0.2) is 0 Å². The molecule has 4 aliphatic carbocycles. The first-order valence-corrected chi connectivity index (χ1v) is 8.18. The Kier molecular flexibility index (Phi) is 2.90. The van der Waals surface area contributed by atoms with Gasteiger partial charge in [0.25, 0.3) is 0 Å². The van der Waals surface area contributed by atoms with Crippen LogP contribution in [0.3, 0.4) is 0 Å². The van der Waals surface area contributed by atoms with Gasteiger partial charge < -0.3 is 4.89 Å². The molecule has 4 saturated carbocycles. The molecule has 0 spiro atoms. The SMILES string of the molecule is CCOP(=O)(O)OC12CC3CC(CC(C3)C1)C2. The second-order valence-corrected chi connectivity index (χ2v) is 7.46. The maximum absolute atomic E-state index is 11.8. The molecule has 4 rings (SSSR count). The van der Waals surface area contributed by atoms with Crippen LogP contribution in [-0.2, 0) is 13.6 Å². The summed E-state index contributed by atoms with van der Waals surface area (Å²) in [6.07, 6.45) is 6.76. The molecular formula is C12H21O4P. The Hall–Kier alpha value is 0.110. The van der Waals surface area contributed by atoms with Crippen molar-refractivity contribution in [3.05, 3.63) is 0 Å². The van der Waals surface area contributed by atoms with Crippen LogP contribution >= 0.6 is 7.82 Å². The molecule has 4 aliphatic rings. The van der Waals surface area contributed by atoms with E-state index in [9.17, 15) is 9.46 Å². The minimum Gasteiger partial charge on any atom is -0.302 e. The molecule has 0 aromatic rings. The van der Waals surface area contributed by atoms with Gasteiger partial charge in [0.15, 0.2) is 0 Å². The Balaban J connectivity index is 1.76. The lowest BCUT2D eigenvalue weighted by molar-refractivity contribution is -0.119. The molecule has 0 aromatic heterocycles. The fourth-order valence-electron chi connectivity index (χ4n) is 4.58. The lowest BCUT2D eigenvalue weighted by Crippen LogP contribution is -2.51. The summed E-state index contributed by atoms with van der Waals surface area (Å²) in [5.74, 6) is 2.13. The monoisotopic (exact) mass is 260 g/mol. The van der Waals surface area contributed by atoms with Gasteiger partial charge >= 0.3 is 7.82 Å². The smallest absolute Gasteiger partial charge is 0.302 e. The van der Waals surface area contributed by atoms with Crippen LogP contribution in [0.25, 0.3) is 0 Å². The van der Waals surface area contributed by atoms with E-state index in [-0.39, 0.29) is 12.2 Å². The topological polar surface area (TPSA) is 55.8 Å². The molecule has 0 amide bonds. The molecule has 5 heteroatoms. The van der Waals surface area contributed by atoms with E-state index in [0.717, 1.165) is 19.3 Å². The Morgan fingerprint density at radius 2 is 1.65 bits per heavy atom. The van der Waals surface area contributed by atoms with Gasteiger partial charge in [0, 0.05) is 0 Å². The van der Waals surface area contributed by atoms with Gasteiger partial charge in [-0.25, -0.2) is 4.57 Å². The lowest BCUT2D eigenvalue weighted by atomic mass is 9.54. The molecule has 17 heavy (non-hydrogen) atoms. The van der Waals surface area contributed by atoms with E-state index in [1.54, 1.807) is 6.92 Å². The molecule has 4 bridgehead atoms. The van der Waals surface area contributed by atoms with Crippen LogP contribution in [0.2, 0.25) is 0 Å². The van der Waals surface area contributed by atoms with E-state index < -0.39 is 7.82 Å². The average Bonchev–Trinajstić information content (AvgIpc) is 2.11. The zero-order valence-electron chi connectivity index (χ0n) is 10.3. The number of phosphoric ester groups is 1. The van der Waals surface area contributed by atoms with Gasteiger partial charge in [-0.3, -0.25) is 9.05 Å². The highest BCUT2D eigenvalue weighted by molar-refractivity contribution is 7.47. The molecule has 0 aliphatic heterocycles. The average molecular weight is 260 g/mol. The highest BCUT2D eigenvalue weighted by Crippen LogP contribution is 2.62. The van der Waals surface area contributed by atoms with E-state index in [1.807, 2.05) is 0 Å². The standard InChI is InChI=1S/C12H21O4P/c1-2-15-17(13,14)16-12-6-9-3-10(7-12)5-11(4-9)8-12/h9-11H,2-8H2,1H3,(H,13,14). The summed E-state index contributed by atoms with van der Waals surface area (Å²) in [5.41, 5.74) is -0.353. The molecule has 1 N–H and O–H groups in total. The van der Waals surface area contributed by atoms with Gasteiger partial charge in [-0.05, 0) is 63.2 Å². The molecule has 0 saturated heterocycles. The molecule has 1 unspecified atom stereocenters. The van der Waals surface area contributed by atoms with E-state index in [4.69, 9.17) is 9.05 Å². The van der Waals surface area contributed by atoms with Gasteiger partial charge in [0.05, 0.1) is 12.2 Å². The second-order valence-electron chi connectivity index (χ2n) is 6.08. The maximum atomic E-state index is 11.8. The van der Waals surface area contributed by atoms with E-state index in [0.29, 0.717) is 17.8 Å². The van der Waals surface area contributed by atoms with E-state index >= 15 is 0 Å². The summed E-state index contributed by atoms with van der Waals surface area (Å²) in [7, 11) is -3.84. The van der Waals surface area contributed by atoms with Gasteiger partial charge in [-0.1, -0.05) is 0 Å². The zero-order chi connectivity index (χ0) is 12.1. The quantitative estimate of drug-likeness (QED) is 0.789. The second kappa shape index (κ2) is 4.06. The van der Waals surface area contributed by atoms with Crippen molar-refractivity contribution in [2.45, 2.75) is 51.0 Å². The normalized spacial score (nSPS) is 47.1. The largest absolute Gasteiger partial charge is 0.472 e. The van der Waals surface area contributed by atoms with Crippen LogP contribution in [0.1, 0.15) is 45.4 Å². The van der Waals surface area contributed by atoms with Crippen molar-refractivity contribution in [2.75, 3.05) is 6.61 Å². The predicted octanol–water partition coefficient (Wildman–Crippen LogP) is 3.11. The molecule has 0 radical (unpaired) electrons. The first-order valence-electron chi connectivity index (χ1n) is 6.68. The number of hydrogen-bond acceptors (Lipinski definition) is 3. The lowest BCUT2D eigenvalue weighted by Gasteiger charge is -2.56. The highest BCUT2D eigenvalue weighted by Gasteiger charge is 2.54. The van der Waals surface area contributed by atoms with Crippen LogP contribution in [0, 0.1) is 17.8 Å². The van der Waals surface area contributed by atoms with E-state index in [1.165, 1.54) is 19.3 Å². The fraction of sp³-hybridized carbons (Fsp3) is 1.00. The van der Waals surface area contributed by atoms with Crippen molar-refractivity contribution in [1.29, 1.82) is 0 Å². The summed E-state index contributed by atoms with van der Waals surface area (Å²) >= 11 is 0. The van der Waals surface area contributed by atoms with Crippen LogP contribution in [0.4, 0.5) is 0 Å². The third-order valence-corrected chi connectivity index (χ3v) is 5.79. The molecule has 4 nitrogen and oxygen atoms in total. The first-order chi connectivity index (χ1) is 8.00. The third-order valence-electron chi connectivity index (χ3n) is 4.58. The minimum absolute atomic E-state index is 0.222. The molecular weight excluding hydrogens is 239 g/mol. The number of rotatable bonds is 4. The summed E-state index contributed by atoms with van der Waals surface area (Å²) in [4.78, 5) is 9.69. The van der Waals surface area contributed by atoms with Gasteiger partial charge in [-0.15, -0.1) is 0 Å². The maximum Gasteiger partial charge on any atom is 0.472 e. The molecule has 1 atom stereocenters. The highest BCUT2D eigenvalue weighted by atomic mass is 31.2. The van der Waals surface area contributed by atoms with Crippen molar-refractivity contribution in [3.63, 3.8) is 0 Å².